The number of benzene rings is 2. The second kappa shape index (κ2) is 9.38. The van der Waals surface area contributed by atoms with Gasteiger partial charge in [-0.1, -0.05) is 12.1 Å². The van der Waals surface area contributed by atoms with Crippen LogP contribution in [0.4, 0.5) is 5.69 Å². The van der Waals surface area contributed by atoms with Gasteiger partial charge in [0.2, 0.25) is 15.9 Å². The highest BCUT2D eigenvalue weighted by atomic mass is 32.2. The summed E-state index contributed by atoms with van der Waals surface area (Å²) in [5.74, 6) is 0.0193. The van der Waals surface area contributed by atoms with E-state index in [-0.39, 0.29) is 23.3 Å². The molecule has 0 saturated heterocycles. The highest BCUT2D eigenvalue weighted by Crippen LogP contribution is 2.13. The Morgan fingerprint density at radius 3 is 2.23 bits per heavy atom. The predicted molar refractivity (Wildman–Crippen MR) is 111 cm³/mol. The molecular formula is C21H21N3O5S. The molecule has 0 fully saturated rings. The third-order valence-electron chi connectivity index (χ3n) is 4.17. The molecular weight excluding hydrogens is 406 g/mol. The Bertz CT molecular complexity index is 1110. The summed E-state index contributed by atoms with van der Waals surface area (Å²) in [6.07, 6.45) is 1.47. The van der Waals surface area contributed by atoms with Crippen molar-refractivity contribution in [2.24, 2.45) is 0 Å². The molecule has 0 aliphatic rings. The molecule has 0 unspecified atom stereocenters. The van der Waals surface area contributed by atoms with Gasteiger partial charge in [-0.2, -0.15) is 0 Å². The van der Waals surface area contributed by atoms with Crippen molar-refractivity contribution >= 4 is 27.5 Å². The molecule has 0 bridgehead atoms. The smallest absolute Gasteiger partial charge is 0.251 e. The van der Waals surface area contributed by atoms with Crippen molar-refractivity contribution in [1.82, 2.24) is 10.0 Å². The molecule has 0 aliphatic heterocycles. The van der Waals surface area contributed by atoms with E-state index in [0.717, 1.165) is 5.56 Å². The van der Waals surface area contributed by atoms with Crippen LogP contribution in [-0.2, 0) is 27.9 Å². The SMILES string of the molecule is CC(=O)Nc1ccc(CNC(=O)c2ccc(S(=O)(=O)NCc3ccco3)cc2)cc1. The topological polar surface area (TPSA) is 118 Å². The zero-order valence-electron chi connectivity index (χ0n) is 16.2. The van der Waals surface area contributed by atoms with Crippen molar-refractivity contribution in [1.29, 1.82) is 0 Å². The van der Waals surface area contributed by atoms with Crippen LogP contribution in [0, 0.1) is 0 Å². The van der Waals surface area contributed by atoms with Gasteiger partial charge >= 0.3 is 0 Å². The summed E-state index contributed by atoms with van der Waals surface area (Å²) >= 11 is 0. The van der Waals surface area contributed by atoms with Gasteiger partial charge in [-0.05, 0) is 54.1 Å². The van der Waals surface area contributed by atoms with Crippen LogP contribution in [-0.4, -0.2) is 20.2 Å². The predicted octanol–water partition coefficient (Wildman–Crippen LogP) is 2.65. The van der Waals surface area contributed by atoms with Crippen molar-refractivity contribution in [3.05, 3.63) is 83.8 Å². The Hall–Kier alpha value is -3.43. The third kappa shape index (κ3) is 5.79. The van der Waals surface area contributed by atoms with Crippen molar-refractivity contribution < 1.29 is 22.4 Å². The lowest BCUT2D eigenvalue weighted by atomic mass is 10.2. The second-order valence-electron chi connectivity index (χ2n) is 6.49. The van der Waals surface area contributed by atoms with Crippen molar-refractivity contribution in [3.63, 3.8) is 0 Å². The van der Waals surface area contributed by atoms with E-state index in [1.54, 1.807) is 36.4 Å². The fourth-order valence-corrected chi connectivity index (χ4v) is 3.64. The molecule has 0 radical (unpaired) electrons. The van der Waals surface area contributed by atoms with Crippen LogP contribution < -0.4 is 15.4 Å². The van der Waals surface area contributed by atoms with Crippen LogP contribution in [0.5, 0.6) is 0 Å². The van der Waals surface area contributed by atoms with E-state index in [0.29, 0.717) is 23.6 Å². The Balaban J connectivity index is 1.56. The van der Waals surface area contributed by atoms with Crippen LogP contribution in [0.3, 0.4) is 0 Å². The van der Waals surface area contributed by atoms with Crippen molar-refractivity contribution in [2.75, 3.05) is 5.32 Å². The van der Waals surface area contributed by atoms with E-state index in [9.17, 15) is 18.0 Å². The lowest BCUT2D eigenvalue weighted by molar-refractivity contribution is -0.114. The molecule has 0 aliphatic carbocycles. The molecule has 9 heteroatoms. The molecule has 0 atom stereocenters. The Morgan fingerprint density at radius 2 is 1.63 bits per heavy atom. The number of carbonyl (C=O) groups is 2. The fraction of sp³-hybridized carbons (Fsp3) is 0.143. The van der Waals surface area contributed by atoms with E-state index in [1.165, 1.54) is 37.5 Å². The second-order valence-corrected chi connectivity index (χ2v) is 8.26. The molecule has 2 aromatic carbocycles. The van der Waals surface area contributed by atoms with E-state index < -0.39 is 10.0 Å². The first-order valence-corrected chi connectivity index (χ1v) is 10.6. The minimum atomic E-state index is -3.72. The van der Waals surface area contributed by atoms with Gasteiger partial charge in [0.25, 0.3) is 5.91 Å². The van der Waals surface area contributed by atoms with E-state index in [2.05, 4.69) is 15.4 Å². The molecule has 3 rings (SSSR count). The van der Waals surface area contributed by atoms with Gasteiger partial charge in [-0.25, -0.2) is 13.1 Å². The first-order valence-electron chi connectivity index (χ1n) is 9.10. The summed E-state index contributed by atoms with van der Waals surface area (Å²) in [7, 11) is -3.72. The Labute approximate surface area is 174 Å². The number of amides is 2. The Kier molecular flexibility index (Phi) is 6.65. The number of carbonyl (C=O) groups excluding carboxylic acids is 2. The van der Waals surface area contributed by atoms with Crippen LogP contribution in [0.15, 0.2) is 76.2 Å². The summed E-state index contributed by atoms with van der Waals surface area (Å²) in [5.41, 5.74) is 1.88. The van der Waals surface area contributed by atoms with Crippen LogP contribution >= 0.6 is 0 Å². The fourth-order valence-electron chi connectivity index (χ4n) is 2.64. The maximum Gasteiger partial charge on any atom is 0.251 e. The van der Waals surface area contributed by atoms with Crippen LogP contribution in [0.25, 0.3) is 0 Å². The highest BCUT2D eigenvalue weighted by Gasteiger charge is 2.15. The maximum atomic E-state index is 12.3. The van der Waals surface area contributed by atoms with Crippen molar-refractivity contribution in [2.45, 2.75) is 24.9 Å². The standard InChI is InChI=1S/C21H21N3O5S/c1-15(25)24-18-8-4-16(5-9-18)13-22-21(26)17-6-10-20(11-7-17)30(27,28)23-14-19-3-2-12-29-19/h2-12,23H,13-14H2,1H3,(H,22,26)(H,24,25). The number of hydrogen-bond donors (Lipinski definition) is 3. The normalized spacial score (nSPS) is 11.1. The maximum absolute atomic E-state index is 12.3. The van der Waals surface area contributed by atoms with E-state index in [4.69, 9.17) is 4.42 Å². The number of anilines is 1. The minimum absolute atomic E-state index is 0.0400. The molecule has 0 saturated carbocycles. The zero-order valence-corrected chi connectivity index (χ0v) is 17.0. The number of rotatable bonds is 8. The molecule has 1 aromatic heterocycles. The first-order chi connectivity index (χ1) is 14.3. The molecule has 2 amide bonds. The van der Waals surface area contributed by atoms with Gasteiger partial charge in [-0.15, -0.1) is 0 Å². The van der Waals surface area contributed by atoms with Gasteiger partial charge in [-0.3, -0.25) is 9.59 Å². The largest absolute Gasteiger partial charge is 0.468 e. The Morgan fingerprint density at radius 1 is 0.933 bits per heavy atom. The molecule has 30 heavy (non-hydrogen) atoms. The number of furan rings is 1. The monoisotopic (exact) mass is 427 g/mol. The third-order valence-corrected chi connectivity index (χ3v) is 5.59. The van der Waals surface area contributed by atoms with Crippen LogP contribution in [0.1, 0.15) is 28.6 Å². The summed E-state index contributed by atoms with van der Waals surface area (Å²) in [6, 6.07) is 16.1. The first kappa shape index (κ1) is 21.3. The summed E-state index contributed by atoms with van der Waals surface area (Å²) in [4.78, 5) is 23.4. The van der Waals surface area contributed by atoms with Crippen molar-refractivity contribution in [3.8, 4) is 0 Å². The molecule has 3 N–H and O–H groups in total. The lowest BCUT2D eigenvalue weighted by Crippen LogP contribution is -2.24. The van der Waals surface area contributed by atoms with Gasteiger partial charge in [0.05, 0.1) is 17.7 Å². The molecule has 8 nitrogen and oxygen atoms in total. The van der Waals surface area contributed by atoms with Gasteiger partial charge < -0.3 is 15.1 Å². The highest BCUT2D eigenvalue weighted by molar-refractivity contribution is 7.89. The average molecular weight is 427 g/mol. The number of nitrogens with one attached hydrogen (secondary N) is 3. The quantitative estimate of drug-likeness (QED) is 0.511. The molecule has 1 heterocycles. The summed E-state index contributed by atoms with van der Waals surface area (Å²) in [5, 5.41) is 5.44. The molecule has 0 spiro atoms. The molecule has 3 aromatic rings. The van der Waals surface area contributed by atoms with E-state index in [1.807, 2.05) is 0 Å². The van der Waals surface area contributed by atoms with Gasteiger partial charge in [0, 0.05) is 24.7 Å². The lowest BCUT2D eigenvalue weighted by Gasteiger charge is -2.08. The summed E-state index contributed by atoms with van der Waals surface area (Å²) < 4.78 is 32.2. The molecule has 156 valence electrons. The zero-order chi connectivity index (χ0) is 21.6. The minimum Gasteiger partial charge on any atom is -0.468 e. The van der Waals surface area contributed by atoms with Gasteiger partial charge in [0.15, 0.2) is 0 Å². The number of hydrogen-bond acceptors (Lipinski definition) is 5. The average Bonchev–Trinajstić information content (AvgIpc) is 3.25. The van der Waals surface area contributed by atoms with Crippen LogP contribution in [0.2, 0.25) is 0 Å². The summed E-state index contributed by atoms with van der Waals surface area (Å²) in [6.45, 7) is 1.77. The number of sulfonamides is 1. The van der Waals surface area contributed by atoms with Gasteiger partial charge in [0.1, 0.15) is 5.76 Å². The van der Waals surface area contributed by atoms with E-state index >= 15 is 0 Å².